The molecule has 0 saturated carbocycles. The Labute approximate surface area is 189 Å². The Balaban J connectivity index is 1.17. The number of para-hydroxylation sites is 1. The number of amides is 3. The van der Waals surface area contributed by atoms with E-state index in [0.29, 0.717) is 42.1 Å². The largest absolute Gasteiger partial charge is 0.470 e. The minimum Gasteiger partial charge on any atom is -0.470 e. The number of aromatic nitrogens is 1. The second kappa shape index (κ2) is 8.70. The summed E-state index contributed by atoms with van der Waals surface area (Å²) in [7, 11) is 0. The average Bonchev–Trinajstić information content (AvgIpc) is 3.39. The van der Waals surface area contributed by atoms with Gasteiger partial charge in [-0.1, -0.05) is 29.5 Å². The number of carbonyl (C=O) groups excluding carboxylic acids is 3. The van der Waals surface area contributed by atoms with Crippen molar-refractivity contribution in [1.82, 2.24) is 9.88 Å². The molecule has 0 aliphatic carbocycles. The Morgan fingerprint density at radius 3 is 2.53 bits per heavy atom. The normalized spacial score (nSPS) is 17.4. The molecule has 0 radical (unpaired) electrons. The van der Waals surface area contributed by atoms with Crippen LogP contribution in [0.5, 0.6) is 5.19 Å². The summed E-state index contributed by atoms with van der Waals surface area (Å²) in [5.74, 6) is -0.129. The zero-order chi connectivity index (χ0) is 22.1. The van der Waals surface area contributed by atoms with Crippen LogP contribution in [0, 0.1) is 5.92 Å². The lowest BCUT2D eigenvalue weighted by atomic mass is 9.97. The molecule has 3 amide bonds. The Kier molecular flexibility index (Phi) is 5.61. The smallest absolute Gasteiger partial charge is 0.274 e. The number of thiazole rings is 1. The predicted molar refractivity (Wildman–Crippen MR) is 122 cm³/mol. The molecule has 3 heterocycles. The molecular weight excluding hydrogens is 426 g/mol. The first-order chi connectivity index (χ1) is 15.6. The Hall–Kier alpha value is -3.26. The van der Waals surface area contributed by atoms with Crippen molar-refractivity contribution in [2.24, 2.45) is 5.92 Å². The van der Waals surface area contributed by atoms with Gasteiger partial charge < -0.3 is 9.64 Å². The highest BCUT2D eigenvalue weighted by Gasteiger charge is 2.31. The number of fused-ring (bicyclic) bond motifs is 1. The molecule has 0 spiro atoms. The van der Waals surface area contributed by atoms with Crippen LogP contribution in [-0.2, 0) is 9.59 Å². The monoisotopic (exact) mass is 449 g/mol. The molecule has 7 nitrogen and oxygen atoms in total. The standard InChI is InChI=1S/C24H23N3O4S/c28-21-8-9-22(29)27(21)18-5-3-4-17(14-18)23(30)26-12-10-16(11-13-26)15-31-24-25-19-6-1-2-7-20(19)32-24/h1-7,14,16H,8-13,15H2. The van der Waals surface area contributed by atoms with Gasteiger partial charge >= 0.3 is 0 Å². The van der Waals surface area contributed by atoms with Crippen molar-refractivity contribution >= 4 is 45.0 Å². The molecular formula is C24H23N3O4S. The lowest BCUT2D eigenvalue weighted by molar-refractivity contribution is -0.121. The van der Waals surface area contributed by atoms with Gasteiger partial charge in [0.05, 0.1) is 22.5 Å². The van der Waals surface area contributed by atoms with Gasteiger partial charge in [0.25, 0.3) is 11.1 Å². The van der Waals surface area contributed by atoms with Crippen LogP contribution in [0.3, 0.4) is 0 Å². The van der Waals surface area contributed by atoms with Crippen molar-refractivity contribution < 1.29 is 19.1 Å². The molecule has 0 atom stereocenters. The van der Waals surface area contributed by atoms with E-state index in [4.69, 9.17) is 4.74 Å². The van der Waals surface area contributed by atoms with Crippen molar-refractivity contribution in [2.75, 3.05) is 24.6 Å². The van der Waals surface area contributed by atoms with E-state index in [0.717, 1.165) is 23.1 Å². The number of nitrogens with zero attached hydrogens (tertiary/aromatic N) is 3. The fourth-order valence-electron chi connectivity index (χ4n) is 4.23. The number of carbonyl (C=O) groups is 3. The van der Waals surface area contributed by atoms with Gasteiger partial charge in [0.2, 0.25) is 11.8 Å². The Morgan fingerprint density at radius 1 is 1.03 bits per heavy atom. The number of piperidine rings is 1. The van der Waals surface area contributed by atoms with Crippen LogP contribution in [-0.4, -0.2) is 47.3 Å². The van der Waals surface area contributed by atoms with E-state index in [9.17, 15) is 14.4 Å². The number of anilines is 1. The van der Waals surface area contributed by atoms with E-state index in [-0.39, 0.29) is 30.6 Å². The van der Waals surface area contributed by atoms with Gasteiger partial charge in [-0.15, -0.1) is 0 Å². The van der Waals surface area contributed by atoms with Gasteiger partial charge in [-0.3, -0.25) is 19.3 Å². The molecule has 2 saturated heterocycles. The van der Waals surface area contributed by atoms with Gasteiger partial charge in [0, 0.05) is 31.5 Å². The third kappa shape index (κ3) is 4.10. The van der Waals surface area contributed by atoms with Gasteiger partial charge in [0.15, 0.2) is 0 Å². The molecule has 1 aromatic heterocycles. The number of benzene rings is 2. The van der Waals surface area contributed by atoms with Gasteiger partial charge in [0.1, 0.15) is 0 Å². The van der Waals surface area contributed by atoms with E-state index < -0.39 is 0 Å². The molecule has 2 aliphatic rings. The van der Waals surface area contributed by atoms with Crippen molar-refractivity contribution in [3.8, 4) is 5.19 Å². The third-order valence-electron chi connectivity index (χ3n) is 6.02. The molecule has 2 aliphatic heterocycles. The summed E-state index contributed by atoms with van der Waals surface area (Å²) in [6, 6.07) is 14.8. The first-order valence-corrected chi connectivity index (χ1v) is 11.6. The average molecular weight is 450 g/mol. The predicted octanol–water partition coefficient (Wildman–Crippen LogP) is 3.88. The van der Waals surface area contributed by atoms with E-state index in [1.807, 2.05) is 29.2 Å². The maximum atomic E-state index is 13.0. The van der Waals surface area contributed by atoms with Gasteiger partial charge in [-0.2, -0.15) is 0 Å². The molecule has 8 heteroatoms. The minimum atomic E-state index is -0.214. The molecule has 2 fully saturated rings. The van der Waals surface area contributed by atoms with Crippen molar-refractivity contribution in [3.05, 3.63) is 54.1 Å². The topological polar surface area (TPSA) is 79.8 Å². The van der Waals surface area contributed by atoms with E-state index in [1.54, 1.807) is 35.6 Å². The summed E-state index contributed by atoms with van der Waals surface area (Å²) in [5.41, 5.74) is 1.93. The maximum Gasteiger partial charge on any atom is 0.274 e. The fraction of sp³-hybridized carbons (Fsp3) is 0.333. The molecule has 0 bridgehead atoms. The Bertz CT molecular complexity index is 1130. The highest BCUT2D eigenvalue weighted by Crippen LogP contribution is 2.29. The number of hydrogen-bond donors (Lipinski definition) is 0. The molecule has 32 heavy (non-hydrogen) atoms. The maximum absolute atomic E-state index is 13.0. The second-order valence-electron chi connectivity index (χ2n) is 8.17. The highest BCUT2D eigenvalue weighted by atomic mass is 32.1. The third-order valence-corrected chi connectivity index (χ3v) is 6.97. The summed E-state index contributed by atoms with van der Waals surface area (Å²) in [6.45, 7) is 1.90. The number of likely N-dealkylation sites (tertiary alicyclic amines) is 1. The zero-order valence-corrected chi connectivity index (χ0v) is 18.3. The first-order valence-electron chi connectivity index (χ1n) is 10.8. The van der Waals surface area contributed by atoms with Crippen molar-refractivity contribution in [1.29, 1.82) is 0 Å². The van der Waals surface area contributed by atoms with Crippen LogP contribution in [0.1, 0.15) is 36.0 Å². The number of ether oxygens (including phenoxy) is 1. The van der Waals surface area contributed by atoms with E-state index >= 15 is 0 Å². The van der Waals surface area contributed by atoms with Crippen LogP contribution in [0.15, 0.2) is 48.5 Å². The number of imide groups is 1. The van der Waals surface area contributed by atoms with Crippen LogP contribution in [0.4, 0.5) is 5.69 Å². The highest BCUT2D eigenvalue weighted by molar-refractivity contribution is 7.20. The van der Waals surface area contributed by atoms with Crippen molar-refractivity contribution in [2.45, 2.75) is 25.7 Å². The number of rotatable bonds is 5. The SMILES string of the molecule is O=C(c1cccc(N2C(=O)CCC2=O)c1)N1CCC(COc2nc3ccccc3s2)CC1. The van der Waals surface area contributed by atoms with E-state index in [1.165, 1.54) is 4.90 Å². The molecule has 164 valence electrons. The fourth-order valence-corrected chi connectivity index (χ4v) is 5.05. The van der Waals surface area contributed by atoms with Gasteiger partial charge in [-0.25, -0.2) is 4.98 Å². The molecule has 0 unspecified atom stereocenters. The lowest BCUT2D eigenvalue weighted by Gasteiger charge is -2.32. The van der Waals surface area contributed by atoms with E-state index in [2.05, 4.69) is 4.98 Å². The molecule has 2 aromatic carbocycles. The summed E-state index contributed by atoms with van der Waals surface area (Å²) >= 11 is 1.55. The van der Waals surface area contributed by atoms with Crippen LogP contribution < -0.4 is 9.64 Å². The summed E-state index contributed by atoms with van der Waals surface area (Å²) in [4.78, 5) is 44.6. The molecule has 3 aromatic rings. The minimum absolute atomic E-state index is 0.0727. The zero-order valence-electron chi connectivity index (χ0n) is 17.5. The van der Waals surface area contributed by atoms with Crippen LogP contribution in [0.2, 0.25) is 0 Å². The summed E-state index contributed by atoms with van der Waals surface area (Å²) in [5, 5.41) is 0.688. The van der Waals surface area contributed by atoms with Crippen LogP contribution >= 0.6 is 11.3 Å². The Morgan fingerprint density at radius 2 is 1.78 bits per heavy atom. The molecule has 5 rings (SSSR count). The van der Waals surface area contributed by atoms with Crippen LogP contribution in [0.25, 0.3) is 10.2 Å². The second-order valence-corrected chi connectivity index (χ2v) is 9.16. The first kappa shape index (κ1) is 20.6. The summed E-state index contributed by atoms with van der Waals surface area (Å²) in [6.07, 6.45) is 2.17. The molecule has 0 N–H and O–H groups in total. The van der Waals surface area contributed by atoms with Crippen molar-refractivity contribution in [3.63, 3.8) is 0 Å². The van der Waals surface area contributed by atoms with Gasteiger partial charge in [-0.05, 0) is 49.1 Å². The lowest BCUT2D eigenvalue weighted by Crippen LogP contribution is -2.39. The quantitative estimate of drug-likeness (QED) is 0.553. The number of hydrogen-bond acceptors (Lipinski definition) is 6. The summed E-state index contributed by atoms with van der Waals surface area (Å²) < 4.78 is 7.05.